The van der Waals surface area contributed by atoms with Gasteiger partial charge in [-0.2, -0.15) is 0 Å². The Morgan fingerprint density at radius 1 is 1.13 bits per heavy atom. The minimum atomic E-state index is 0.627. The molecule has 0 aliphatic heterocycles. The van der Waals surface area contributed by atoms with Gasteiger partial charge in [-0.3, -0.25) is 4.98 Å². The summed E-state index contributed by atoms with van der Waals surface area (Å²) in [6.07, 6.45) is 3.31. The molecule has 0 radical (unpaired) electrons. The summed E-state index contributed by atoms with van der Waals surface area (Å²) in [6, 6.07) is 9.28. The smallest absolute Gasteiger partial charge is 0.0591 e. The highest BCUT2D eigenvalue weighted by atomic mass is 35.5. The monoisotopic (exact) mass is 219 g/mol. The molecule has 3 N–H and O–H groups in total. The van der Waals surface area contributed by atoms with Gasteiger partial charge >= 0.3 is 0 Å². The molecule has 0 bridgehead atoms. The molecule has 1 aromatic heterocycles. The molecule has 1 aromatic carbocycles. The van der Waals surface area contributed by atoms with Gasteiger partial charge in [0.25, 0.3) is 0 Å². The molecular weight excluding hydrogens is 210 g/mol. The second kappa shape index (κ2) is 4.19. The van der Waals surface area contributed by atoms with Gasteiger partial charge in [0.15, 0.2) is 0 Å². The maximum atomic E-state index is 5.86. The van der Waals surface area contributed by atoms with Crippen LogP contribution in [0, 0.1) is 0 Å². The first-order chi connectivity index (χ1) is 7.24. The molecule has 0 atom stereocenters. The van der Waals surface area contributed by atoms with Crippen LogP contribution in [0.3, 0.4) is 0 Å². The Kier molecular flexibility index (Phi) is 2.74. The largest absolute Gasteiger partial charge is 0.397 e. The molecule has 0 unspecified atom stereocenters. The summed E-state index contributed by atoms with van der Waals surface area (Å²) < 4.78 is 0. The van der Waals surface area contributed by atoms with Gasteiger partial charge in [-0.25, -0.2) is 0 Å². The molecule has 3 nitrogen and oxygen atoms in total. The highest BCUT2D eigenvalue weighted by molar-refractivity contribution is 6.30. The highest BCUT2D eigenvalue weighted by Crippen LogP contribution is 2.20. The average Bonchev–Trinajstić information content (AvgIpc) is 2.17. The lowest BCUT2D eigenvalue weighted by Crippen LogP contribution is -1.93. The van der Waals surface area contributed by atoms with Crippen LogP contribution in [0.1, 0.15) is 0 Å². The van der Waals surface area contributed by atoms with Gasteiger partial charge < -0.3 is 11.1 Å². The number of aromatic nitrogens is 1. The number of nitrogens with one attached hydrogen (secondary N) is 1. The van der Waals surface area contributed by atoms with Crippen LogP contribution in [0.25, 0.3) is 0 Å². The SMILES string of the molecule is Nc1cncc(Nc2cccc(Cl)c2)c1. The van der Waals surface area contributed by atoms with E-state index in [1.165, 1.54) is 0 Å². The maximum absolute atomic E-state index is 5.86. The number of halogens is 1. The van der Waals surface area contributed by atoms with Crippen LogP contribution in [-0.2, 0) is 0 Å². The summed E-state index contributed by atoms with van der Waals surface area (Å²) in [7, 11) is 0. The predicted octanol–water partition coefficient (Wildman–Crippen LogP) is 3.06. The molecule has 15 heavy (non-hydrogen) atoms. The highest BCUT2D eigenvalue weighted by Gasteiger charge is 1.96. The number of nitrogens with zero attached hydrogens (tertiary/aromatic N) is 1. The van der Waals surface area contributed by atoms with E-state index in [0.717, 1.165) is 11.4 Å². The average molecular weight is 220 g/mol. The number of hydrogen-bond donors (Lipinski definition) is 2. The van der Waals surface area contributed by atoms with Crippen molar-refractivity contribution >= 4 is 28.7 Å². The minimum absolute atomic E-state index is 0.627. The minimum Gasteiger partial charge on any atom is -0.397 e. The van der Waals surface area contributed by atoms with Gasteiger partial charge in [0.1, 0.15) is 0 Å². The van der Waals surface area contributed by atoms with E-state index in [1.807, 2.05) is 30.3 Å². The van der Waals surface area contributed by atoms with Gasteiger partial charge in [0.05, 0.1) is 17.6 Å². The molecule has 0 aliphatic carbocycles. The lowest BCUT2D eigenvalue weighted by atomic mass is 10.3. The van der Waals surface area contributed by atoms with Crippen molar-refractivity contribution in [3.05, 3.63) is 47.7 Å². The first kappa shape index (κ1) is 9.80. The second-order valence-corrected chi connectivity index (χ2v) is 3.58. The molecule has 0 saturated heterocycles. The fourth-order valence-corrected chi connectivity index (χ4v) is 1.45. The lowest BCUT2D eigenvalue weighted by Gasteiger charge is -2.06. The second-order valence-electron chi connectivity index (χ2n) is 3.14. The van der Waals surface area contributed by atoms with E-state index in [2.05, 4.69) is 10.3 Å². The number of pyridine rings is 1. The van der Waals surface area contributed by atoms with Crippen molar-refractivity contribution in [3.8, 4) is 0 Å². The summed E-state index contributed by atoms with van der Waals surface area (Å²) in [6.45, 7) is 0. The van der Waals surface area contributed by atoms with Crippen LogP contribution in [0.15, 0.2) is 42.7 Å². The van der Waals surface area contributed by atoms with Crippen molar-refractivity contribution < 1.29 is 0 Å². The zero-order valence-corrected chi connectivity index (χ0v) is 8.70. The first-order valence-electron chi connectivity index (χ1n) is 4.47. The Morgan fingerprint density at radius 3 is 2.73 bits per heavy atom. The van der Waals surface area contributed by atoms with E-state index in [1.54, 1.807) is 12.4 Å². The van der Waals surface area contributed by atoms with Crippen LogP contribution < -0.4 is 11.1 Å². The Hall–Kier alpha value is -1.74. The van der Waals surface area contributed by atoms with Crippen LogP contribution in [0.4, 0.5) is 17.1 Å². The molecule has 4 heteroatoms. The number of nitrogen functional groups attached to an aromatic ring is 1. The van der Waals surface area contributed by atoms with E-state index < -0.39 is 0 Å². The normalized spacial score (nSPS) is 9.93. The molecule has 76 valence electrons. The molecule has 0 aliphatic rings. The van der Waals surface area contributed by atoms with Gasteiger partial charge in [0, 0.05) is 16.9 Å². The van der Waals surface area contributed by atoms with E-state index in [0.29, 0.717) is 10.7 Å². The van der Waals surface area contributed by atoms with Gasteiger partial charge in [-0.05, 0) is 24.3 Å². The van der Waals surface area contributed by atoms with Crippen molar-refractivity contribution in [1.82, 2.24) is 4.98 Å². The number of hydrogen-bond acceptors (Lipinski definition) is 3. The fourth-order valence-electron chi connectivity index (χ4n) is 1.26. The van der Waals surface area contributed by atoms with E-state index in [9.17, 15) is 0 Å². The van der Waals surface area contributed by atoms with Crippen LogP contribution in [0.5, 0.6) is 0 Å². The number of anilines is 3. The Labute approximate surface area is 92.9 Å². The maximum Gasteiger partial charge on any atom is 0.0591 e. The summed E-state index contributed by atoms with van der Waals surface area (Å²) >= 11 is 5.86. The Bertz CT molecular complexity index is 427. The third kappa shape index (κ3) is 2.60. The number of benzene rings is 1. The Balaban J connectivity index is 2.22. The van der Waals surface area contributed by atoms with Crippen molar-refractivity contribution in [2.45, 2.75) is 0 Å². The molecule has 0 fully saturated rings. The fraction of sp³-hybridized carbons (Fsp3) is 0. The molecule has 0 amide bonds. The molecule has 2 rings (SSSR count). The standard InChI is InChI=1S/C11H10ClN3/c12-8-2-1-3-10(4-8)15-11-5-9(13)6-14-7-11/h1-7,15H,13H2. The van der Waals surface area contributed by atoms with Crippen molar-refractivity contribution in [2.24, 2.45) is 0 Å². The molecule has 0 spiro atoms. The topological polar surface area (TPSA) is 50.9 Å². The van der Waals surface area contributed by atoms with Crippen LogP contribution in [0.2, 0.25) is 5.02 Å². The van der Waals surface area contributed by atoms with Crippen LogP contribution >= 0.6 is 11.6 Å². The first-order valence-corrected chi connectivity index (χ1v) is 4.85. The Morgan fingerprint density at radius 2 is 2.00 bits per heavy atom. The van der Waals surface area contributed by atoms with E-state index in [4.69, 9.17) is 17.3 Å². The van der Waals surface area contributed by atoms with E-state index in [-0.39, 0.29) is 0 Å². The zero-order chi connectivity index (χ0) is 10.7. The summed E-state index contributed by atoms with van der Waals surface area (Å²) in [5.74, 6) is 0. The van der Waals surface area contributed by atoms with Gasteiger partial charge in [-0.15, -0.1) is 0 Å². The summed E-state index contributed by atoms with van der Waals surface area (Å²) in [4.78, 5) is 3.98. The lowest BCUT2D eigenvalue weighted by molar-refractivity contribution is 1.32. The van der Waals surface area contributed by atoms with Gasteiger partial charge in [0.2, 0.25) is 0 Å². The van der Waals surface area contributed by atoms with Crippen LogP contribution in [-0.4, -0.2) is 4.98 Å². The zero-order valence-electron chi connectivity index (χ0n) is 7.94. The van der Waals surface area contributed by atoms with E-state index >= 15 is 0 Å². The third-order valence-corrected chi connectivity index (χ3v) is 2.11. The molecule has 2 aromatic rings. The van der Waals surface area contributed by atoms with Crippen molar-refractivity contribution in [3.63, 3.8) is 0 Å². The molecule has 0 saturated carbocycles. The molecule has 1 heterocycles. The quantitative estimate of drug-likeness (QED) is 0.816. The molecular formula is C11H10ClN3. The number of nitrogens with two attached hydrogens (primary N) is 1. The third-order valence-electron chi connectivity index (χ3n) is 1.87. The predicted molar refractivity (Wildman–Crippen MR) is 63.4 cm³/mol. The summed E-state index contributed by atoms with van der Waals surface area (Å²) in [5, 5.41) is 3.85. The van der Waals surface area contributed by atoms with Crippen molar-refractivity contribution in [1.29, 1.82) is 0 Å². The number of rotatable bonds is 2. The summed E-state index contributed by atoms with van der Waals surface area (Å²) in [5.41, 5.74) is 8.00. The van der Waals surface area contributed by atoms with Crippen molar-refractivity contribution in [2.75, 3.05) is 11.1 Å². The van der Waals surface area contributed by atoms with Gasteiger partial charge in [-0.1, -0.05) is 17.7 Å².